The summed E-state index contributed by atoms with van der Waals surface area (Å²) in [7, 11) is 0. The van der Waals surface area contributed by atoms with E-state index < -0.39 is 0 Å². The number of benzene rings is 2. The molecule has 152 valence electrons. The predicted octanol–water partition coefficient (Wildman–Crippen LogP) is 2.97. The van der Waals surface area contributed by atoms with Gasteiger partial charge in [0.25, 0.3) is 5.91 Å². The van der Waals surface area contributed by atoms with Crippen LogP contribution in [-0.2, 0) is 17.6 Å². The first-order valence-corrected chi connectivity index (χ1v) is 10.5. The van der Waals surface area contributed by atoms with Crippen LogP contribution in [0.15, 0.2) is 48.5 Å². The molecule has 0 radical (unpaired) electrons. The highest BCUT2D eigenvalue weighted by Crippen LogP contribution is 2.22. The molecule has 2 aliphatic rings. The average molecular weight is 392 g/mol. The number of rotatable bonds is 6. The Labute approximate surface area is 172 Å². The molecule has 4 rings (SSSR count). The number of hydrogen-bond donors (Lipinski definition) is 0. The maximum atomic E-state index is 12.7. The lowest BCUT2D eigenvalue weighted by atomic mass is 9.90. The van der Waals surface area contributed by atoms with Gasteiger partial charge in [-0.2, -0.15) is 0 Å². The Morgan fingerprint density at radius 3 is 2.34 bits per heavy atom. The SMILES string of the molecule is O=C(CN1CCN(C(=O)COc2ccccc2)CC1)c1ccc2c(c1)CCCC2. The molecule has 1 heterocycles. The molecule has 0 atom stereocenters. The van der Waals surface area contributed by atoms with Gasteiger partial charge in [-0.25, -0.2) is 0 Å². The van der Waals surface area contributed by atoms with E-state index in [1.807, 2.05) is 41.3 Å². The number of piperazine rings is 1. The Morgan fingerprint density at radius 1 is 0.862 bits per heavy atom. The van der Waals surface area contributed by atoms with Crippen molar-refractivity contribution >= 4 is 11.7 Å². The van der Waals surface area contributed by atoms with Gasteiger partial charge in [-0.15, -0.1) is 0 Å². The zero-order valence-corrected chi connectivity index (χ0v) is 16.8. The van der Waals surface area contributed by atoms with Crippen LogP contribution in [0, 0.1) is 0 Å². The van der Waals surface area contributed by atoms with Crippen LogP contribution >= 0.6 is 0 Å². The number of carbonyl (C=O) groups is 2. The van der Waals surface area contributed by atoms with E-state index in [4.69, 9.17) is 4.74 Å². The molecule has 2 aromatic rings. The van der Waals surface area contributed by atoms with E-state index in [1.54, 1.807) is 0 Å². The molecule has 29 heavy (non-hydrogen) atoms. The van der Waals surface area contributed by atoms with Gasteiger partial charge in [0, 0.05) is 31.7 Å². The van der Waals surface area contributed by atoms with Crippen LogP contribution in [0.1, 0.15) is 34.3 Å². The summed E-state index contributed by atoms with van der Waals surface area (Å²) < 4.78 is 5.56. The van der Waals surface area contributed by atoms with Gasteiger partial charge in [0.05, 0.1) is 6.54 Å². The third-order valence-corrected chi connectivity index (χ3v) is 5.87. The van der Waals surface area contributed by atoms with Crippen molar-refractivity contribution in [2.45, 2.75) is 25.7 Å². The highest BCUT2D eigenvalue weighted by molar-refractivity contribution is 5.97. The largest absolute Gasteiger partial charge is 0.484 e. The summed E-state index contributed by atoms with van der Waals surface area (Å²) in [5.41, 5.74) is 3.56. The minimum Gasteiger partial charge on any atom is -0.484 e. The molecule has 5 nitrogen and oxygen atoms in total. The molecule has 1 fully saturated rings. The number of aryl methyl sites for hydroxylation is 2. The normalized spacial score (nSPS) is 16.9. The van der Waals surface area contributed by atoms with E-state index in [-0.39, 0.29) is 18.3 Å². The zero-order valence-electron chi connectivity index (χ0n) is 16.8. The number of Topliss-reactive ketones (excluding diaryl/α,β-unsaturated/α-hetero) is 1. The van der Waals surface area contributed by atoms with Crippen LogP contribution in [-0.4, -0.2) is 60.8 Å². The van der Waals surface area contributed by atoms with Gasteiger partial charge in [-0.05, 0) is 55.0 Å². The molecule has 1 aliphatic carbocycles. The summed E-state index contributed by atoms with van der Waals surface area (Å²) in [5.74, 6) is 0.871. The van der Waals surface area contributed by atoms with E-state index in [0.717, 1.165) is 18.4 Å². The van der Waals surface area contributed by atoms with E-state index in [0.29, 0.717) is 38.5 Å². The fourth-order valence-electron chi connectivity index (χ4n) is 4.11. The van der Waals surface area contributed by atoms with Crippen LogP contribution in [0.5, 0.6) is 5.75 Å². The van der Waals surface area contributed by atoms with Crippen molar-refractivity contribution in [2.75, 3.05) is 39.3 Å². The molecule has 0 bridgehead atoms. The third kappa shape index (κ3) is 5.04. The van der Waals surface area contributed by atoms with Crippen LogP contribution in [0.3, 0.4) is 0 Å². The van der Waals surface area contributed by atoms with Crippen molar-refractivity contribution in [3.05, 3.63) is 65.2 Å². The molecule has 2 aromatic carbocycles. The molecule has 0 N–H and O–H groups in total. The number of amides is 1. The molecular formula is C24H28N2O3. The smallest absolute Gasteiger partial charge is 0.260 e. The highest BCUT2D eigenvalue weighted by atomic mass is 16.5. The minimum atomic E-state index is -0.00508. The summed E-state index contributed by atoms with van der Waals surface area (Å²) in [6.07, 6.45) is 4.68. The van der Waals surface area contributed by atoms with Crippen molar-refractivity contribution in [2.24, 2.45) is 0 Å². The quantitative estimate of drug-likeness (QED) is 0.710. The van der Waals surface area contributed by atoms with E-state index >= 15 is 0 Å². The predicted molar refractivity (Wildman–Crippen MR) is 112 cm³/mol. The zero-order chi connectivity index (χ0) is 20.1. The van der Waals surface area contributed by atoms with Gasteiger partial charge < -0.3 is 9.64 Å². The van der Waals surface area contributed by atoms with Gasteiger partial charge in [0.2, 0.25) is 0 Å². The second-order valence-electron chi connectivity index (χ2n) is 7.87. The van der Waals surface area contributed by atoms with Crippen LogP contribution < -0.4 is 4.74 Å². The lowest BCUT2D eigenvalue weighted by Gasteiger charge is -2.34. The lowest BCUT2D eigenvalue weighted by molar-refractivity contribution is -0.135. The number of para-hydroxylation sites is 1. The molecule has 0 spiro atoms. The van der Waals surface area contributed by atoms with E-state index in [1.165, 1.54) is 24.0 Å². The molecule has 0 saturated carbocycles. The summed E-state index contributed by atoms with van der Waals surface area (Å²) in [6, 6.07) is 15.6. The summed E-state index contributed by atoms with van der Waals surface area (Å²) in [5, 5.41) is 0. The first kappa shape index (κ1) is 19.6. The van der Waals surface area contributed by atoms with Crippen molar-refractivity contribution in [3.63, 3.8) is 0 Å². The lowest BCUT2D eigenvalue weighted by Crippen LogP contribution is -2.51. The van der Waals surface area contributed by atoms with Gasteiger partial charge >= 0.3 is 0 Å². The maximum Gasteiger partial charge on any atom is 0.260 e. The molecule has 0 unspecified atom stereocenters. The molecule has 5 heteroatoms. The third-order valence-electron chi connectivity index (χ3n) is 5.87. The fraction of sp³-hybridized carbons (Fsp3) is 0.417. The van der Waals surface area contributed by atoms with Crippen LogP contribution in [0.2, 0.25) is 0 Å². The number of carbonyl (C=O) groups excluding carboxylic acids is 2. The van der Waals surface area contributed by atoms with Crippen LogP contribution in [0.4, 0.5) is 0 Å². The van der Waals surface area contributed by atoms with Crippen molar-refractivity contribution in [1.82, 2.24) is 9.80 Å². The molecular weight excluding hydrogens is 364 g/mol. The number of fused-ring (bicyclic) bond motifs is 1. The minimum absolute atomic E-state index is 0.00508. The Morgan fingerprint density at radius 2 is 1.59 bits per heavy atom. The molecule has 1 amide bonds. The number of nitrogens with zero attached hydrogens (tertiary/aromatic N) is 2. The van der Waals surface area contributed by atoms with Gasteiger partial charge in [-0.3, -0.25) is 14.5 Å². The standard InChI is InChI=1S/C24H28N2O3/c27-23(21-11-10-19-6-4-5-7-20(19)16-21)17-25-12-14-26(15-13-25)24(28)18-29-22-8-2-1-3-9-22/h1-3,8-11,16H,4-7,12-15,17-18H2. The average Bonchev–Trinajstić information content (AvgIpc) is 2.78. The van der Waals surface area contributed by atoms with Crippen molar-refractivity contribution in [1.29, 1.82) is 0 Å². The van der Waals surface area contributed by atoms with E-state index in [9.17, 15) is 9.59 Å². The second kappa shape index (κ2) is 9.23. The Balaban J connectivity index is 1.24. The second-order valence-corrected chi connectivity index (χ2v) is 7.87. The van der Waals surface area contributed by atoms with Gasteiger partial charge in [0.1, 0.15) is 5.75 Å². The highest BCUT2D eigenvalue weighted by Gasteiger charge is 2.23. The first-order valence-electron chi connectivity index (χ1n) is 10.5. The topological polar surface area (TPSA) is 49.9 Å². The number of ketones is 1. The molecule has 1 aliphatic heterocycles. The van der Waals surface area contributed by atoms with Crippen LogP contribution in [0.25, 0.3) is 0 Å². The number of hydrogen-bond acceptors (Lipinski definition) is 4. The number of ether oxygens (including phenoxy) is 1. The fourth-order valence-corrected chi connectivity index (χ4v) is 4.11. The van der Waals surface area contributed by atoms with Gasteiger partial charge in [0.15, 0.2) is 12.4 Å². The Hall–Kier alpha value is -2.66. The summed E-state index contributed by atoms with van der Waals surface area (Å²) >= 11 is 0. The Kier molecular flexibility index (Phi) is 6.25. The van der Waals surface area contributed by atoms with Crippen molar-refractivity contribution in [3.8, 4) is 5.75 Å². The summed E-state index contributed by atoms with van der Waals surface area (Å²) in [4.78, 5) is 29.1. The van der Waals surface area contributed by atoms with E-state index in [2.05, 4.69) is 17.0 Å². The first-order chi connectivity index (χ1) is 14.2. The Bertz CT molecular complexity index is 858. The monoisotopic (exact) mass is 392 g/mol. The molecule has 1 saturated heterocycles. The van der Waals surface area contributed by atoms with Gasteiger partial charge in [-0.1, -0.05) is 30.3 Å². The molecule has 0 aromatic heterocycles. The van der Waals surface area contributed by atoms with Crippen molar-refractivity contribution < 1.29 is 14.3 Å². The summed E-state index contributed by atoms with van der Waals surface area (Å²) in [6.45, 7) is 3.17. The maximum absolute atomic E-state index is 12.7.